The minimum absolute atomic E-state index is 0.0254. The zero-order chi connectivity index (χ0) is 17.9. The summed E-state index contributed by atoms with van der Waals surface area (Å²) >= 11 is 0. The van der Waals surface area contributed by atoms with Crippen molar-refractivity contribution in [2.45, 2.75) is 6.61 Å². The van der Waals surface area contributed by atoms with Crippen LogP contribution in [0.1, 0.15) is 5.56 Å². The van der Waals surface area contributed by atoms with Crippen LogP contribution in [-0.4, -0.2) is 15.2 Å². The average molecular weight is 346 g/mol. The SMILES string of the molecule is OCc1ccc(-c2nc(-c3ccc(-c4ccccc4)c(F)c3)no2)cc1. The lowest BCUT2D eigenvalue weighted by Crippen LogP contribution is -1.88. The highest BCUT2D eigenvalue weighted by Gasteiger charge is 2.13. The molecule has 0 bridgehead atoms. The smallest absolute Gasteiger partial charge is 0.258 e. The number of nitrogens with zero attached hydrogens (tertiary/aromatic N) is 2. The molecule has 5 heteroatoms. The molecule has 26 heavy (non-hydrogen) atoms. The van der Waals surface area contributed by atoms with Gasteiger partial charge in [0.1, 0.15) is 5.82 Å². The molecule has 0 saturated carbocycles. The van der Waals surface area contributed by atoms with Crippen LogP contribution in [0.4, 0.5) is 4.39 Å². The van der Waals surface area contributed by atoms with Gasteiger partial charge in [-0.3, -0.25) is 0 Å². The molecule has 128 valence electrons. The van der Waals surface area contributed by atoms with Gasteiger partial charge in [0.05, 0.1) is 6.61 Å². The first-order valence-electron chi connectivity index (χ1n) is 8.14. The van der Waals surface area contributed by atoms with Gasteiger partial charge in [0.25, 0.3) is 5.89 Å². The number of aliphatic hydroxyl groups is 1. The first-order valence-corrected chi connectivity index (χ1v) is 8.14. The van der Waals surface area contributed by atoms with E-state index in [1.807, 2.05) is 30.3 Å². The van der Waals surface area contributed by atoms with E-state index in [4.69, 9.17) is 9.63 Å². The summed E-state index contributed by atoms with van der Waals surface area (Å²) in [5, 5.41) is 13.0. The molecule has 0 aliphatic heterocycles. The molecule has 0 aliphatic rings. The second-order valence-corrected chi connectivity index (χ2v) is 5.84. The highest BCUT2D eigenvalue weighted by atomic mass is 19.1. The average Bonchev–Trinajstić information content (AvgIpc) is 3.19. The lowest BCUT2D eigenvalue weighted by atomic mass is 10.0. The van der Waals surface area contributed by atoms with E-state index < -0.39 is 0 Å². The summed E-state index contributed by atoms with van der Waals surface area (Å²) in [6.45, 7) is -0.0254. The van der Waals surface area contributed by atoms with Gasteiger partial charge in [0.2, 0.25) is 5.82 Å². The molecule has 0 fully saturated rings. The molecule has 0 aliphatic carbocycles. The Balaban J connectivity index is 1.64. The van der Waals surface area contributed by atoms with Gasteiger partial charge in [-0.15, -0.1) is 0 Å². The minimum Gasteiger partial charge on any atom is -0.392 e. The van der Waals surface area contributed by atoms with Crippen LogP contribution < -0.4 is 0 Å². The van der Waals surface area contributed by atoms with Crippen molar-refractivity contribution >= 4 is 0 Å². The molecule has 0 unspecified atom stereocenters. The van der Waals surface area contributed by atoms with Crippen molar-refractivity contribution in [3.05, 3.63) is 84.2 Å². The molecule has 0 saturated heterocycles. The Morgan fingerprint density at radius 2 is 1.58 bits per heavy atom. The molecule has 0 spiro atoms. The lowest BCUT2D eigenvalue weighted by molar-refractivity contribution is 0.282. The van der Waals surface area contributed by atoms with Gasteiger partial charge in [-0.2, -0.15) is 4.98 Å². The highest BCUT2D eigenvalue weighted by molar-refractivity contribution is 5.69. The van der Waals surface area contributed by atoms with Crippen LogP contribution in [0.25, 0.3) is 34.0 Å². The number of rotatable bonds is 4. The minimum atomic E-state index is -0.340. The topological polar surface area (TPSA) is 59.2 Å². The molecule has 4 aromatic rings. The Morgan fingerprint density at radius 3 is 2.27 bits per heavy atom. The maximum Gasteiger partial charge on any atom is 0.258 e. The van der Waals surface area contributed by atoms with Gasteiger partial charge in [-0.05, 0) is 29.3 Å². The third-order valence-corrected chi connectivity index (χ3v) is 4.12. The summed E-state index contributed by atoms with van der Waals surface area (Å²) in [5.74, 6) is 0.328. The zero-order valence-electron chi connectivity index (χ0n) is 13.8. The Labute approximate surface area is 149 Å². The summed E-state index contributed by atoms with van der Waals surface area (Å²) in [5.41, 5.74) is 3.42. The van der Waals surface area contributed by atoms with Crippen LogP contribution in [0, 0.1) is 5.82 Å². The molecule has 3 aromatic carbocycles. The number of benzene rings is 3. The van der Waals surface area contributed by atoms with Crippen LogP contribution in [0.3, 0.4) is 0 Å². The molecule has 4 rings (SSSR count). The Hall–Kier alpha value is -3.31. The number of hydrogen-bond acceptors (Lipinski definition) is 4. The van der Waals surface area contributed by atoms with E-state index in [1.165, 1.54) is 6.07 Å². The van der Waals surface area contributed by atoms with Gasteiger partial charge >= 0.3 is 0 Å². The van der Waals surface area contributed by atoms with Crippen molar-refractivity contribution in [1.29, 1.82) is 0 Å². The normalized spacial score (nSPS) is 10.8. The molecule has 1 heterocycles. The number of aromatic nitrogens is 2. The van der Waals surface area contributed by atoms with E-state index >= 15 is 0 Å². The van der Waals surface area contributed by atoms with Crippen molar-refractivity contribution in [3.8, 4) is 34.0 Å². The van der Waals surface area contributed by atoms with Crippen LogP contribution in [-0.2, 0) is 6.61 Å². The van der Waals surface area contributed by atoms with Gasteiger partial charge < -0.3 is 9.63 Å². The van der Waals surface area contributed by atoms with Gasteiger partial charge in [-0.1, -0.05) is 59.8 Å². The Kier molecular flexibility index (Phi) is 4.29. The lowest BCUT2D eigenvalue weighted by Gasteiger charge is -2.04. The predicted molar refractivity (Wildman–Crippen MR) is 96.5 cm³/mol. The Morgan fingerprint density at radius 1 is 0.846 bits per heavy atom. The van der Waals surface area contributed by atoms with Gasteiger partial charge in [0.15, 0.2) is 0 Å². The maximum atomic E-state index is 14.5. The molecule has 0 radical (unpaired) electrons. The van der Waals surface area contributed by atoms with Crippen LogP contribution >= 0.6 is 0 Å². The summed E-state index contributed by atoms with van der Waals surface area (Å²) in [6, 6.07) is 21.4. The monoisotopic (exact) mass is 346 g/mol. The summed E-state index contributed by atoms with van der Waals surface area (Å²) < 4.78 is 19.8. The van der Waals surface area contributed by atoms with Crippen molar-refractivity contribution < 1.29 is 14.0 Å². The number of hydrogen-bond donors (Lipinski definition) is 1. The molecule has 4 nitrogen and oxygen atoms in total. The number of aliphatic hydroxyl groups excluding tert-OH is 1. The quantitative estimate of drug-likeness (QED) is 0.582. The van der Waals surface area contributed by atoms with Gasteiger partial charge in [0, 0.05) is 16.7 Å². The first-order chi connectivity index (χ1) is 12.7. The molecule has 0 amide bonds. The first kappa shape index (κ1) is 16.2. The maximum absolute atomic E-state index is 14.5. The number of halogens is 1. The van der Waals surface area contributed by atoms with Crippen molar-refractivity contribution in [2.24, 2.45) is 0 Å². The Bertz CT molecular complexity index is 1030. The third kappa shape index (κ3) is 3.12. The second-order valence-electron chi connectivity index (χ2n) is 5.84. The molecule has 1 N–H and O–H groups in total. The third-order valence-electron chi connectivity index (χ3n) is 4.12. The van der Waals surface area contributed by atoms with Crippen LogP contribution in [0.15, 0.2) is 77.3 Å². The van der Waals surface area contributed by atoms with E-state index in [2.05, 4.69) is 10.1 Å². The van der Waals surface area contributed by atoms with E-state index in [-0.39, 0.29) is 12.4 Å². The van der Waals surface area contributed by atoms with E-state index in [9.17, 15) is 4.39 Å². The second kappa shape index (κ2) is 6.90. The molecule has 0 atom stereocenters. The fraction of sp³-hybridized carbons (Fsp3) is 0.0476. The van der Waals surface area contributed by atoms with Crippen LogP contribution in [0.2, 0.25) is 0 Å². The summed E-state index contributed by atoms with van der Waals surface area (Å²) in [6.07, 6.45) is 0. The molecule has 1 aromatic heterocycles. The van der Waals surface area contributed by atoms with Crippen LogP contribution in [0.5, 0.6) is 0 Å². The van der Waals surface area contributed by atoms with E-state index in [0.29, 0.717) is 22.8 Å². The fourth-order valence-corrected chi connectivity index (χ4v) is 2.72. The molecular formula is C21H15FN2O2. The predicted octanol–water partition coefficient (Wildman–Crippen LogP) is 4.70. The van der Waals surface area contributed by atoms with Crippen molar-refractivity contribution in [3.63, 3.8) is 0 Å². The largest absolute Gasteiger partial charge is 0.392 e. The fourth-order valence-electron chi connectivity index (χ4n) is 2.72. The zero-order valence-corrected chi connectivity index (χ0v) is 13.8. The van der Waals surface area contributed by atoms with Crippen molar-refractivity contribution in [1.82, 2.24) is 10.1 Å². The molecular weight excluding hydrogens is 331 g/mol. The summed E-state index contributed by atoms with van der Waals surface area (Å²) in [4.78, 5) is 4.34. The van der Waals surface area contributed by atoms with Crippen molar-refractivity contribution in [2.75, 3.05) is 0 Å². The highest BCUT2D eigenvalue weighted by Crippen LogP contribution is 2.28. The van der Waals surface area contributed by atoms with E-state index in [1.54, 1.807) is 36.4 Å². The standard InChI is InChI=1S/C21H15FN2O2/c22-19-12-17(10-11-18(19)15-4-2-1-3-5-15)20-23-21(26-24-20)16-8-6-14(13-25)7-9-16/h1-12,25H,13H2. The van der Waals surface area contributed by atoms with E-state index in [0.717, 1.165) is 16.7 Å². The van der Waals surface area contributed by atoms with Gasteiger partial charge in [-0.25, -0.2) is 4.39 Å². The summed E-state index contributed by atoms with van der Waals surface area (Å²) in [7, 11) is 0.